The van der Waals surface area contributed by atoms with E-state index >= 15 is 0 Å². The van der Waals surface area contributed by atoms with Crippen molar-refractivity contribution in [3.05, 3.63) is 60.3 Å². The van der Waals surface area contributed by atoms with E-state index in [2.05, 4.69) is 30.8 Å². The van der Waals surface area contributed by atoms with E-state index in [4.69, 9.17) is 4.74 Å². The summed E-state index contributed by atoms with van der Waals surface area (Å²) in [4.78, 5) is 35.6. The molecule has 1 aliphatic rings. The summed E-state index contributed by atoms with van der Waals surface area (Å²) in [7, 11) is -2.42. The largest absolute Gasteiger partial charge is 0.446 e. The van der Waals surface area contributed by atoms with Crippen LogP contribution < -0.4 is 31.0 Å². The van der Waals surface area contributed by atoms with Gasteiger partial charge >= 0.3 is 21.0 Å². The summed E-state index contributed by atoms with van der Waals surface area (Å²) in [5, 5.41) is 10.0. The molecule has 0 atom stereocenters. The van der Waals surface area contributed by atoms with Crippen LogP contribution in [0.1, 0.15) is 53.0 Å². The number of benzene rings is 2. The van der Waals surface area contributed by atoms with E-state index in [1.165, 1.54) is 11.3 Å². The lowest BCUT2D eigenvalue weighted by Crippen LogP contribution is -2.48. The summed E-state index contributed by atoms with van der Waals surface area (Å²) in [6.45, 7) is 11.6. The zero-order valence-electron chi connectivity index (χ0n) is 24.8. The Morgan fingerprint density at radius 2 is 1.83 bits per heavy atom. The first-order valence-corrected chi connectivity index (χ1v) is 16.4. The van der Waals surface area contributed by atoms with Gasteiger partial charge in [-0.3, -0.25) is 0 Å². The third kappa shape index (κ3) is 9.12. The van der Waals surface area contributed by atoms with Crippen molar-refractivity contribution in [1.29, 1.82) is 0 Å². The second-order valence-electron chi connectivity index (χ2n) is 11.7. The van der Waals surface area contributed by atoms with Gasteiger partial charge in [-0.15, -0.1) is 0 Å². The van der Waals surface area contributed by atoms with E-state index in [1.54, 1.807) is 6.07 Å². The molecule has 1 aliphatic heterocycles. The minimum atomic E-state index is -2.42. The predicted molar refractivity (Wildman–Crippen MR) is 169 cm³/mol. The molecule has 0 aliphatic carbocycles. The Morgan fingerprint density at radius 1 is 1.12 bits per heavy atom. The molecular formula is C30H40N6O4SSi. The smallest absolute Gasteiger partial charge is 0.429 e. The fourth-order valence-corrected chi connectivity index (χ4v) is 7.17. The number of urea groups is 1. The molecule has 10 nitrogen and oxygen atoms in total. The minimum absolute atomic E-state index is 0.0347. The van der Waals surface area contributed by atoms with E-state index in [0.717, 1.165) is 47.1 Å². The number of alkyl carbamates (subject to hydrolysis) is 1. The van der Waals surface area contributed by atoms with Crippen LogP contribution in [-0.2, 0) is 15.7 Å². The Hall–Kier alpha value is -3.77. The first-order chi connectivity index (χ1) is 20.0. The van der Waals surface area contributed by atoms with Gasteiger partial charge in [-0.2, -0.15) is 0 Å². The molecule has 0 saturated carbocycles. The molecule has 0 spiro atoms. The van der Waals surface area contributed by atoms with Gasteiger partial charge in [-0.25, -0.2) is 14.6 Å². The van der Waals surface area contributed by atoms with Crippen molar-refractivity contribution in [1.82, 2.24) is 20.6 Å². The summed E-state index contributed by atoms with van der Waals surface area (Å²) >= 11 is 1.54. The number of ether oxygens (including phenoxy) is 1. The fourth-order valence-electron chi connectivity index (χ4n) is 4.51. The summed E-state index contributed by atoms with van der Waals surface area (Å²) in [6.07, 6.45) is 2.76. The zero-order valence-corrected chi connectivity index (χ0v) is 26.6. The van der Waals surface area contributed by atoms with E-state index < -0.39 is 8.84 Å². The molecule has 224 valence electrons. The molecule has 1 saturated heterocycles. The van der Waals surface area contributed by atoms with Crippen molar-refractivity contribution in [2.75, 3.05) is 23.3 Å². The molecular weight excluding hydrogens is 569 g/mol. The van der Waals surface area contributed by atoms with Gasteiger partial charge < -0.3 is 35.0 Å². The molecule has 4 N–H and O–H groups in total. The van der Waals surface area contributed by atoms with Crippen LogP contribution >= 0.6 is 11.3 Å². The average molecular weight is 609 g/mol. The first-order valence-electron chi connectivity index (χ1n) is 14.2. The highest BCUT2D eigenvalue weighted by atomic mass is 32.1. The summed E-state index contributed by atoms with van der Waals surface area (Å²) in [5.41, 5.74) is 2.01. The standard InChI is InChI=1S/C30H40N6O4SSi/c1-20(2)33-29(38)40-23-13-15-36(16-14-23)28-32-19-25(41-28)24-12-11-22(17-26(24)42(39)35-30(3,4)5)34-27(37)31-18-21-9-7-6-8-10-21/h6-12,17,19-20,23,35H,13-16,18H2,1-5H3,(H,33,38)(H2,31,34,37). The van der Waals surface area contributed by atoms with Crippen LogP contribution in [-0.4, -0.2) is 56.7 Å². The number of nitrogens with zero attached hydrogens (tertiary/aromatic N) is 2. The number of carbonyl (C=O) groups is 2. The second-order valence-corrected chi connectivity index (χ2v) is 14.1. The van der Waals surface area contributed by atoms with Crippen LogP contribution in [0.25, 0.3) is 10.4 Å². The van der Waals surface area contributed by atoms with E-state index in [-0.39, 0.29) is 29.8 Å². The molecule has 3 amide bonds. The Bertz CT molecular complexity index is 1380. The van der Waals surface area contributed by atoms with Crippen LogP contribution in [0.2, 0.25) is 0 Å². The molecule has 1 fully saturated rings. The Morgan fingerprint density at radius 3 is 2.50 bits per heavy atom. The lowest BCUT2D eigenvalue weighted by molar-refractivity contribution is 0.0815. The van der Waals surface area contributed by atoms with Crippen molar-refractivity contribution in [2.24, 2.45) is 0 Å². The van der Waals surface area contributed by atoms with Crippen LogP contribution in [0.5, 0.6) is 0 Å². The van der Waals surface area contributed by atoms with E-state index in [0.29, 0.717) is 17.4 Å². The van der Waals surface area contributed by atoms with Crippen LogP contribution in [0, 0.1) is 0 Å². The number of piperidine rings is 1. The highest BCUT2D eigenvalue weighted by Crippen LogP contribution is 2.32. The monoisotopic (exact) mass is 608 g/mol. The molecule has 2 aromatic carbocycles. The number of aromatic nitrogens is 1. The van der Waals surface area contributed by atoms with E-state index in [1.807, 2.05) is 83.3 Å². The number of nitrogens with one attached hydrogen (secondary N) is 4. The van der Waals surface area contributed by atoms with Crippen molar-refractivity contribution in [2.45, 2.75) is 71.7 Å². The molecule has 42 heavy (non-hydrogen) atoms. The number of anilines is 2. The lowest BCUT2D eigenvalue weighted by atomic mass is 10.1. The van der Waals surface area contributed by atoms with Crippen molar-refractivity contribution >= 4 is 48.3 Å². The maximum atomic E-state index is 13.6. The maximum absolute atomic E-state index is 13.6. The molecule has 2 heterocycles. The van der Waals surface area contributed by atoms with E-state index in [9.17, 15) is 14.1 Å². The first kappa shape index (κ1) is 31.2. The van der Waals surface area contributed by atoms with Crippen molar-refractivity contribution < 1.29 is 18.8 Å². The Kier molecular flexibility index (Phi) is 10.3. The molecule has 12 heteroatoms. The number of carbonyl (C=O) groups excluding carboxylic acids is 2. The maximum Gasteiger partial charge on any atom is 0.429 e. The highest BCUT2D eigenvalue weighted by molar-refractivity contribution is 7.19. The highest BCUT2D eigenvalue weighted by Gasteiger charge is 2.26. The van der Waals surface area contributed by atoms with Crippen LogP contribution in [0.4, 0.5) is 20.4 Å². The van der Waals surface area contributed by atoms with Crippen LogP contribution in [0.15, 0.2) is 54.7 Å². The molecule has 4 rings (SSSR count). The van der Waals surface area contributed by atoms with Gasteiger partial charge in [0, 0.05) is 66.7 Å². The molecule has 3 aromatic rings. The summed E-state index contributed by atoms with van der Waals surface area (Å²) < 4.78 is 19.1. The van der Waals surface area contributed by atoms with Crippen LogP contribution in [0.3, 0.4) is 0 Å². The van der Waals surface area contributed by atoms with Gasteiger partial charge in [0.25, 0.3) is 0 Å². The lowest BCUT2D eigenvalue weighted by Gasteiger charge is -2.31. The molecule has 0 bridgehead atoms. The minimum Gasteiger partial charge on any atom is -0.446 e. The number of thiazole rings is 1. The molecule has 1 aromatic heterocycles. The van der Waals surface area contributed by atoms with Gasteiger partial charge in [0.15, 0.2) is 5.13 Å². The number of amides is 3. The van der Waals surface area contributed by atoms with Crippen molar-refractivity contribution in [3.8, 4) is 10.4 Å². The molecule has 0 unspecified atom stereocenters. The Balaban J connectivity index is 1.46. The topological polar surface area (TPSA) is 125 Å². The third-order valence-electron chi connectivity index (χ3n) is 6.46. The number of hydrogen-bond donors (Lipinski definition) is 4. The van der Waals surface area contributed by atoms with Gasteiger partial charge in [-0.05, 0) is 52.3 Å². The van der Waals surface area contributed by atoms with Gasteiger partial charge in [0.2, 0.25) is 0 Å². The van der Waals surface area contributed by atoms with Gasteiger partial charge in [0.05, 0.1) is 4.88 Å². The Labute approximate surface area is 253 Å². The third-order valence-corrected chi connectivity index (χ3v) is 9.43. The number of rotatable bonds is 9. The summed E-state index contributed by atoms with van der Waals surface area (Å²) in [6, 6.07) is 14.9. The van der Waals surface area contributed by atoms with Gasteiger partial charge in [0.1, 0.15) is 6.10 Å². The van der Waals surface area contributed by atoms with Gasteiger partial charge in [-0.1, -0.05) is 47.7 Å². The SMILES string of the molecule is CC(C)NC(=O)OC1CCN(c2ncc(-c3ccc(NC(=O)NCc4ccccc4)cc3[Si](=O)NC(C)(C)C)s2)CC1. The fraction of sp³-hybridized carbons (Fsp3) is 0.433. The average Bonchev–Trinajstić information content (AvgIpc) is 3.42. The second kappa shape index (κ2) is 13.9. The number of hydrogen-bond acceptors (Lipinski definition) is 7. The predicted octanol–water partition coefficient (Wildman–Crippen LogP) is 4.75. The normalized spacial score (nSPS) is 13.9. The summed E-state index contributed by atoms with van der Waals surface area (Å²) in [5.74, 6) is 0. The molecule has 0 radical (unpaired) electrons. The quantitative estimate of drug-likeness (QED) is 0.259. The van der Waals surface area contributed by atoms with Crippen molar-refractivity contribution in [3.63, 3.8) is 0 Å². The zero-order chi connectivity index (χ0) is 30.3.